The lowest BCUT2D eigenvalue weighted by atomic mass is 10.1. The molecule has 4 nitrogen and oxygen atoms in total. The number of amides is 1. The summed E-state index contributed by atoms with van der Waals surface area (Å²) in [6, 6.07) is 8.03. The van der Waals surface area contributed by atoms with Crippen molar-refractivity contribution in [3.63, 3.8) is 0 Å². The van der Waals surface area contributed by atoms with Crippen LogP contribution in [0, 0.1) is 0 Å². The number of carbonyl (C=O) groups excluding carboxylic acids is 1. The Labute approximate surface area is 139 Å². The van der Waals surface area contributed by atoms with Gasteiger partial charge in [0.1, 0.15) is 0 Å². The lowest BCUT2D eigenvalue weighted by Crippen LogP contribution is -2.21. The van der Waals surface area contributed by atoms with Crippen molar-refractivity contribution in [1.82, 2.24) is 4.98 Å². The van der Waals surface area contributed by atoms with Crippen LogP contribution in [0.3, 0.4) is 0 Å². The molecule has 5 heteroatoms. The van der Waals surface area contributed by atoms with Gasteiger partial charge in [-0.25, -0.2) is 0 Å². The average molecular weight is 397 g/mol. The van der Waals surface area contributed by atoms with Crippen molar-refractivity contribution in [1.29, 1.82) is 0 Å². The maximum atomic E-state index is 11.4. The van der Waals surface area contributed by atoms with Gasteiger partial charge < -0.3 is 10.2 Å². The number of nitrogens with zero attached hydrogens (tertiary/aromatic N) is 2. The number of hydrogen-bond acceptors (Lipinski definition) is 3. The number of para-hydroxylation sites is 1. The van der Waals surface area contributed by atoms with Crippen LogP contribution in [-0.4, -0.2) is 28.9 Å². The summed E-state index contributed by atoms with van der Waals surface area (Å²) >= 11 is 2.40. The number of carbonyl (C=O) groups is 1. The minimum atomic E-state index is -0.0750. The van der Waals surface area contributed by atoms with Crippen molar-refractivity contribution in [2.75, 3.05) is 28.2 Å². The first-order valence-electron chi connectivity index (χ1n) is 7.06. The fourth-order valence-corrected chi connectivity index (χ4v) is 2.91. The molecule has 1 heterocycles. The number of anilines is 2. The minimum Gasteiger partial charge on any atom is -0.372 e. The maximum absolute atomic E-state index is 11.4. The molecule has 0 radical (unpaired) electrons. The lowest BCUT2D eigenvalue weighted by molar-refractivity contribution is -0.114. The van der Waals surface area contributed by atoms with E-state index in [-0.39, 0.29) is 5.91 Å². The molecule has 1 amide bonds. The van der Waals surface area contributed by atoms with E-state index in [9.17, 15) is 4.79 Å². The first-order chi connectivity index (χ1) is 10.1. The van der Waals surface area contributed by atoms with Crippen LogP contribution in [0.5, 0.6) is 0 Å². The molecule has 2 rings (SSSR count). The van der Waals surface area contributed by atoms with Gasteiger partial charge >= 0.3 is 0 Å². The quantitative estimate of drug-likeness (QED) is 0.458. The molecule has 0 aliphatic rings. The zero-order valence-corrected chi connectivity index (χ0v) is 14.6. The molecule has 1 aromatic carbocycles. The van der Waals surface area contributed by atoms with Crippen LogP contribution in [0.4, 0.5) is 11.4 Å². The highest BCUT2D eigenvalue weighted by atomic mass is 127. The monoisotopic (exact) mass is 397 g/mol. The molecule has 1 aromatic heterocycles. The Kier molecular flexibility index (Phi) is 5.78. The molecule has 0 atom stereocenters. The predicted octanol–water partition coefficient (Wildman–Crippen LogP) is 3.84. The molecule has 0 unspecified atom stereocenters. The van der Waals surface area contributed by atoms with E-state index in [1.165, 1.54) is 17.8 Å². The standard InChI is InChI=1S/C16H20IN3O/c1-12(21)19-15-11-18-14-8-4-3-7-13(14)16(15)20(2)10-6-5-9-17/h3-4,7-8,11H,5-6,9-10H2,1-2H3,(H,19,21). The summed E-state index contributed by atoms with van der Waals surface area (Å²) in [5, 5.41) is 3.96. The van der Waals surface area contributed by atoms with Gasteiger partial charge in [0.05, 0.1) is 23.1 Å². The van der Waals surface area contributed by atoms with E-state index in [0.29, 0.717) is 0 Å². The number of hydrogen-bond donors (Lipinski definition) is 1. The van der Waals surface area contributed by atoms with Crippen molar-refractivity contribution in [3.8, 4) is 0 Å². The normalized spacial score (nSPS) is 10.6. The van der Waals surface area contributed by atoms with E-state index < -0.39 is 0 Å². The Morgan fingerprint density at radius 3 is 2.81 bits per heavy atom. The van der Waals surface area contributed by atoms with Gasteiger partial charge in [0.2, 0.25) is 5.91 Å². The van der Waals surface area contributed by atoms with Crippen molar-refractivity contribution < 1.29 is 4.79 Å². The van der Waals surface area contributed by atoms with Crippen molar-refractivity contribution in [2.24, 2.45) is 0 Å². The molecule has 0 saturated heterocycles. The van der Waals surface area contributed by atoms with E-state index in [1.54, 1.807) is 6.20 Å². The van der Waals surface area contributed by atoms with Crippen molar-refractivity contribution in [2.45, 2.75) is 19.8 Å². The minimum absolute atomic E-state index is 0.0750. The van der Waals surface area contributed by atoms with Crippen LogP contribution in [0.2, 0.25) is 0 Å². The molecule has 0 bridgehead atoms. The number of nitrogens with one attached hydrogen (secondary N) is 1. The summed E-state index contributed by atoms with van der Waals surface area (Å²) in [5.74, 6) is -0.0750. The summed E-state index contributed by atoms with van der Waals surface area (Å²) in [6.07, 6.45) is 4.08. The van der Waals surface area contributed by atoms with Gasteiger partial charge in [0.15, 0.2) is 0 Å². The van der Waals surface area contributed by atoms with Crippen LogP contribution < -0.4 is 10.2 Å². The van der Waals surface area contributed by atoms with Gasteiger partial charge in [-0.2, -0.15) is 0 Å². The predicted molar refractivity (Wildman–Crippen MR) is 97.4 cm³/mol. The summed E-state index contributed by atoms with van der Waals surface area (Å²) in [6.45, 7) is 2.48. The molecular weight excluding hydrogens is 377 g/mol. The van der Waals surface area contributed by atoms with Crippen LogP contribution in [0.15, 0.2) is 30.5 Å². The second kappa shape index (κ2) is 7.59. The van der Waals surface area contributed by atoms with Gasteiger partial charge in [-0.15, -0.1) is 0 Å². The summed E-state index contributed by atoms with van der Waals surface area (Å²) < 4.78 is 1.17. The Balaban J connectivity index is 2.42. The summed E-state index contributed by atoms with van der Waals surface area (Å²) in [4.78, 5) is 18.1. The largest absolute Gasteiger partial charge is 0.372 e. The fourth-order valence-electron chi connectivity index (χ4n) is 2.37. The van der Waals surface area contributed by atoms with Gasteiger partial charge in [-0.05, 0) is 23.3 Å². The van der Waals surface area contributed by atoms with Crippen LogP contribution in [0.25, 0.3) is 10.9 Å². The summed E-state index contributed by atoms with van der Waals surface area (Å²) in [5.41, 5.74) is 2.77. The second-order valence-electron chi connectivity index (χ2n) is 5.04. The van der Waals surface area contributed by atoms with Gasteiger partial charge in [0, 0.05) is 25.9 Å². The zero-order chi connectivity index (χ0) is 15.2. The zero-order valence-electron chi connectivity index (χ0n) is 12.4. The van der Waals surface area contributed by atoms with Crippen LogP contribution in [-0.2, 0) is 4.79 Å². The Morgan fingerprint density at radius 2 is 2.10 bits per heavy atom. The molecule has 2 aromatic rings. The molecule has 0 fully saturated rings. The Morgan fingerprint density at radius 1 is 1.33 bits per heavy atom. The number of halogens is 1. The van der Waals surface area contributed by atoms with E-state index in [4.69, 9.17) is 0 Å². The Bertz CT molecular complexity index is 630. The third kappa shape index (κ3) is 4.06. The number of pyridine rings is 1. The van der Waals surface area contributed by atoms with Gasteiger partial charge in [-0.1, -0.05) is 40.8 Å². The first-order valence-corrected chi connectivity index (χ1v) is 8.58. The first kappa shape index (κ1) is 16.0. The highest BCUT2D eigenvalue weighted by Crippen LogP contribution is 2.32. The van der Waals surface area contributed by atoms with E-state index in [2.05, 4.69) is 50.9 Å². The molecule has 0 saturated carbocycles. The third-order valence-corrected chi connectivity index (χ3v) is 4.08. The molecule has 1 N–H and O–H groups in total. The molecular formula is C16H20IN3O. The topological polar surface area (TPSA) is 45.2 Å². The van der Waals surface area contributed by atoms with E-state index >= 15 is 0 Å². The van der Waals surface area contributed by atoms with E-state index in [0.717, 1.165) is 35.2 Å². The number of alkyl halides is 1. The number of unbranched alkanes of at least 4 members (excludes halogenated alkanes) is 1. The van der Waals surface area contributed by atoms with Crippen molar-refractivity contribution >= 4 is 50.8 Å². The smallest absolute Gasteiger partial charge is 0.221 e. The summed E-state index contributed by atoms with van der Waals surface area (Å²) in [7, 11) is 2.07. The average Bonchev–Trinajstić information content (AvgIpc) is 2.46. The molecule has 0 aliphatic heterocycles. The number of rotatable bonds is 6. The highest BCUT2D eigenvalue weighted by Gasteiger charge is 2.13. The molecule has 0 aliphatic carbocycles. The Hall–Kier alpha value is -1.37. The van der Waals surface area contributed by atoms with Crippen molar-refractivity contribution in [3.05, 3.63) is 30.5 Å². The fraction of sp³-hybridized carbons (Fsp3) is 0.375. The van der Waals surface area contributed by atoms with Gasteiger partial charge in [0.25, 0.3) is 0 Å². The number of aromatic nitrogens is 1. The van der Waals surface area contributed by atoms with Crippen LogP contribution in [0.1, 0.15) is 19.8 Å². The lowest BCUT2D eigenvalue weighted by Gasteiger charge is -2.24. The van der Waals surface area contributed by atoms with Gasteiger partial charge in [-0.3, -0.25) is 9.78 Å². The van der Waals surface area contributed by atoms with E-state index in [1.807, 2.05) is 18.2 Å². The molecule has 112 valence electrons. The second-order valence-corrected chi connectivity index (χ2v) is 6.12. The third-order valence-electron chi connectivity index (χ3n) is 3.32. The SMILES string of the molecule is CC(=O)Nc1cnc2ccccc2c1N(C)CCCCI. The highest BCUT2D eigenvalue weighted by molar-refractivity contribution is 14.1. The molecule has 0 spiro atoms. The number of benzene rings is 1. The van der Waals surface area contributed by atoms with Crippen LogP contribution >= 0.6 is 22.6 Å². The maximum Gasteiger partial charge on any atom is 0.221 e. The molecule has 21 heavy (non-hydrogen) atoms. The number of fused-ring (bicyclic) bond motifs is 1.